The van der Waals surface area contributed by atoms with E-state index < -0.39 is 6.10 Å². The fourth-order valence-electron chi connectivity index (χ4n) is 1.82. The second-order valence-corrected chi connectivity index (χ2v) is 5.48. The lowest BCUT2D eigenvalue weighted by molar-refractivity contribution is 0.199. The van der Waals surface area contributed by atoms with E-state index in [9.17, 15) is 5.11 Å². The summed E-state index contributed by atoms with van der Waals surface area (Å²) < 4.78 is 0. The number of H-pyrrole nitrogens is 1. The van der Waals surface area contributed by atoms with Gasteiger partial charge in [0, 0.05) is 22.7 Å². The molecule has 0 spiro atoms. The maximum absolute atomic E-state index is 9.43. The summed E-state index contributed by atoms with van der Waals surface area (Å²) in [7, 11) is 0. The SMILES string of the molecule is CC(O)c1ncc(CNc2cnc3[nH]ccc3c2)s1. The number of nitrogens with one attached hydrogen (secondary N) is 2. The van der Waals surface area contributed by atoms with Gasteiger partial charge in [-0.1, -0.05) is 0 Å². The third-order valence-electron chi connectivity index (χ3n) is 2.80. The van der Waals surface area contributed by atoms with Gasteiger partial charge in [0.15, 0.2) is 0 Å². The maximum Gasteiger partial charge on any atom is 0.137 e. The van der Waals surface area contributed by atoms with Crippen LogP contribution in [0.1, 0.15) is 22.9 Å². The van der Waals surface area contributed by atoms with Gasteiger partial charge in [0.05, 0.1) is 18.4 Å². The van der Waals surface area contributed by atoms with E-state index in [4.69, 9.17) is 0 Å². The molecule has 3 heterocycles. The molecule has 0 aliphatic heterocycles. The second-order valence-electron chi connectivity index (χ2n) is 4.33. The second kappa shape index (κ2) is 4.99. The molecule has 0 saturated carbocycles. The minimum absolute atomic E-state index is 0.503. The molecular formula is C13H14N4OS. The lowest BCUT2D eigenvalue weighted by Gasteiger charge is -2.03. The van der Waals surface area contributed by atoms with Crippen molar-refractivity contribution in [1.82, 2.24) is 15.0 Å². The number of fused-ring (bicyclic) bond motifs is 1. The van der Waals surface area contributed by atoms with Crippen molar-refractivity contribution in [2.75, 3.05) is 5.32 Å². The Morgan fingerprint density at radius 2 is 2.32 bits per heavy atom. The number of hydrogen-bond acceptors (Lipinski definition) is 5. The molecule has 0 saturated heterocycles. The van der Waals surface area contributed by atoms with Crippen molar-refractivity contribution in [3.8, 4) is 0 Å². The first kappa shape index (κ1) is 12.1. The van der Waals surface area contributed by atoms with E-state index in [2.05, 4.69) is 26.3 Å². The van der Waals surface area contributed by atoms with E-state index in [0.717, 1.165) is 26.6 Å². The zero-order valence-electron chi connectivity index (χ0n) is 10.4. The Balaban J connectivity index is 1.70. The first-order valence-electron chi connectivity index (χ1n) is 6.02. The van der Waals surface area contributed by atoms with Gasteiger partial charge >= 0.3 is 0 Å². The zero-order valence-corrected chi connectivity index (χ0v) is 11.2. The van der Waals surface area contributed by atoms with Crippen molar-refractivity contribution in [1.29, 1.82) is 0 Å². The van der Waals surface area contributed by atoms with Crippen LogP contribution in [-0.4, -0.2) is 20.1 Å². The van der Waals surface area contributed by atoms with Crippen LogP contribution in [0.15, 0.2) is 30.7 Å². The number of aromatic amines is 1. The minimum atomic E-state index is -0.503. The number of aliphatic hydroxyl groups excluding tert-OH is 1. The van der Waals surface area contributed by atoms with E-state index in [1.165, 1.54) is 11.3 Å². The van der Waals surface area contributed by atoms with Gasteiger partial charge in [-0.3, -0.25) is 0 Å². The van der Waals surface area contributed by atoms with Gasteiger partial charge in [-0.15, -0.1) is 11.3 Å². The number of rotatable bonds is 4. The molecule has 98 valence electrons. The van der Waals surface area contributed by atoms with E-state index in [1.54, 1.807) is 19.3 Å². The fourth-order valence-corrected chi connectivity index (χ4v) is 2.62. The van der Waals surface area contributed by atoms with Crippen LogP contribution in [0.2, 0.25) is 0 Å². The molecule has 19 heavy (non-hydrogen) atoms. The van der Waals surface area contributed by atoms with Crippen LogP contribution in [0.4, 0.5) is 5.69 Å². The molecule has 0 radical (unpaired) electrons. The number of nitrogens with zero attached hydrogens (tertiary/aromatic N) is 2. The lowest BCUT2D eigenvalue weighted by atomic mass is 10.3. The minimum Gasteiger partial charge on any atom is -0.386 e. The van der Waals surface area contributed by atoms with E-state index in [0.29, 0.717) is 6.54 Å². The summed E-state index contributed by atoms with van der Waals surface area (Å²) >= 11 is 1.52. The Labute approximate surface area is 114 Å². The van der Waals surface area contributed by atoms with E-state index in [1.807, 2.05) is 12.3 Å². The summed E-state index contributed by atoms with van der Waals surface area (Å²) in [6.45, 7) is 2.40. The first-order chi connectivity index (χ1) is 9.22. The standard InChI is InChI=1S/C13H14N4OS/c1-8(18)13-17-7-11(19-13)6-15-10-4-9-2-3-14-12(9)16-5-10/h2-5,7-8,15,18H,6H2,1H3,(H,14,16). The van der Waals surface area contributed by atoms with Gasteiger partial charge in [-0.05, 0) is 19.1 Å². The zero-order chi connectivity index (χ0) is 13.2. The van der Waals surface area contributed by atoms with Crippen molar-refractivity contribution >= 4 is 28.1 Å². The predicted octanol–water partition coefficient (Wildman–Crippen LogP) is 2.68. The predicted molar refractivity (Wildman–Crippen MR) is 76.2 cm³/mol. The van der Waals surface area contributed by atoms with Crippen LogP contribution in [-0.2, 0) is 6.54 Å². The van der Waals surface area contributed by atoms with E-state index >= 15 is 0 Å². The van der Waals surface area contributed by atoms with Crippen molar-refractivity contribution in [2.45, 2.75) is 19.6 Å². The molecule has 5 nitrogen and oxygen atoms in total. The molecular weight excluding hydrogens is 260 g/mol. The molecule has 3 aromatic heterocycles. The number of hydrogen-bond donors (Lipinski definition) is 3. The van der Waals surface area contributed by atoms with Gasteiger partial charge < -0.3 is 15.4 Å². The normalized spacial score (nSPS) is 12.7. The third-order valence-corrected chi connectivity index (χ3v) is 3.96. The Kier molecular flexibility index (Phi) is 3.18. The number of anilines is 1. The molecule has 0 bridgehead atoms. The third kappa shape index (κ3) is 2.59. The number of pyridine rings is 1. The number of aliphatic hydroxyl groups is 1. The highest BCUT2D eigenvalue weighted by atomic mass is 32.1. The van der Waals surface area contributed by atoms with Gasteiger partial charge in [0.25, 0.3) is 0 Å². The van der Waals surface area contributed by atoms with Crippen LogP contribution in [0.3, 0.4) is 0 Å². The van der Waals surface area contributed by atoms with E-state index in [-0.39, 0.29) is 0 Å². The highest BCUT2D eigenvalue weighted by Gasteiger charge is 2.07. The molecule has 0 aromatic carbocycles. The molecule has 3 N–H and O–H groups in total. The van der Waals surface area contributed by atoms with Gasteiger partial charge in [-0.2, -0.15) is 0 Å². The van der Waals surface area contributed by atoms with Gasteiger partial charge in [0.1, 0.15) is 16.8 Å². The highest BCUT2D eigenvalue weighted by Crippen LogP contribution is 2.21. The van der Waals surface area contributed by atoms with Crippen molar-refractivity contribution in [2.24, 2.45) is 0 Å². The Morgan fingerprint density at radius 1 is 1.42 bits per heavy atom. The summed E-state index contributed by atoms with van der Waals surface area (Å²) in [6.07, 6.45) is 4.97. The molecule has 1 atom stereocenters. The Morgan fingerprint density at radius 3 is 3.11 bits per heavy atom. The van der Waals surface area contributed by atoms with Crippen LogP contribution in [0.25, 0.3) is 11.0 Å². The summed E-state index contributed by atoms with van der Waals surface area (Å²) in [4.78, 5) is 12.6. The monoisotopic (exact) mass is 274 g/mol. The van der Waals surface area contributed by atoms with Crippen molar-refractivity contribution < 1.29 is 5.11 Å². The molecule has 3 rings (SSSR count). The highest BCUT2D eigenvalue weighted by molar-refractivity contribution is 7.11. The molecule has 3 aromatic rings. The molecule has 1 unspecified atom stereocenters. The Hall–Kier alpha value is -1.92. The lowest BCUT2D eigenvalue weighted by Crippen LogP contribution is -1.97. The van der Waals surface area contributed by atoms with Gasteiger partial charge in [0.2, 0.25) is 0 Å². The van der Waals surface area contributed by atoms with Crippen molar-refractivity contribution in [3.63, 3.8) is 0 Å². The van der Waals surface area contributed by atoms with Crippen LogP contribution in [0, 0.1) is 0 Å². The topological polar surface area (TPSA) is 73.8 Å². The van der Waals surface area contributed by atoms with Gasteiger partial charge in [-0.25, -0.2) is 9.97 Å². The average molecular weight is 274 g/mol. The summed E-state index contributed by atoms with van der Waals surface area (Å²) in [6, 6.07) is 4.04. The maximum atomic E-state index is 9.43. The Bertz CT molecular complexity index is 689. The first-order valence-corrected chi connectivity index (χ1v) is 6.84. The summed E-state index contributed by atoms with van der Waals surface area (Å²) in [5.41, 5.74) is 1.86. The molecule has 0 aliphatic carbocycles. The van der Waals surface area contributed by atoms with Crippen LogP contribution in [0.5, 0.6) is 0 Å². The van der Waals surface area contributed by atoms with Crippen LogP contribution < -0.4 is 5.32 Å². The largest absolute Gasteiger partial charge is 0.386 e. The summed E-state index contributed by atoms with van der Waals surface area (Å²) in [5, 5.41) is 14.6. The smallest absolute Gasteiger partial charge is 0.137 e. The average Bonchev–Trinajstić information content (AvgIpc) is 3.04. The summed E-state index contributed by atoms with van der Waals surface area (Å²) in [5.74, 6) is 0. The molecule has 0 aliphatic rings. The number of thiazole rings is 1. The number of aromatic nitrogens is 3. The fraction of sp³-hybridized carbons (Fsp3) is 0.231. The molecule has 0 amide bonds. The molecule has 0 fully saturated rings. The van der Waals surface area contributed by atoms with Crippen LogP contribution >= 0.6 is 11.3 Å². The van der Waals surface area contributed by atoms with Crippen molar-refractivity contribution in [3.05, 3.63) is 40.6 Å². The quantitative estimate of drug-likeness (QED) is 0.684. The molecule has 6 heteroatoms.